The highest BCUT2D eigenvalue weighted by atomic mass is 16.5. The fraction of sp³-hybridized carbons (Fsp3) is 0.292. The number of rotatable bonds is 6. The normalized spacial score (nSPS) is 13.9. The third kappa shape index (κ3) is 4.43. The number of carbonyl (C=O) groups excluding carboxylic acids is 2. The summed E-state index contributed by atoms with van der Waals surface area (Å²) >= 11 is 0. The molecule has 0 aliphatic carbocycles. The molecule has 1 N–H and O–H groups in total. The number of hydrogen-bond acceptors (Lipinski definition) is 4. The smallest absolute Gasteiger partial charge is 0.265 e. The highest BCUT2D eigenvalue weighted by Gasteiger charge is 2.16. The van der Waals surface area contributed by atoms with Crippen LogP contribution in [0.25, 0.3) is 11.3 Å². The van der Waals surface area contributed by atoms with Gasteiger partial charge in [0, 0.05) is 36.0 Å². The van der Waals surface area contributed by atoms with Crippen LogP contribution in [0, 0.1) is 0 Å². The van der Waals surface area contributed by atoms with Crippen LogP contribution in [0.15, 0.2) is 54.7 Å². The summed E-state index contributed by atoms with van der Waals surface area (Å²) in [6, 6.07) is 14.5. The maximum atomic E-state index is 12.5. The predicted octanol–water partition coefficient (Wildman–Crippen LogP) is 4.50. The summed E-state index contributed by atoms with van der Waals surface area (Å²) in [6.45, 7) is 4.21. The number of amides is 1. The van der Waals surface area contributed by atoms with Gasteiger partial charge in [-0.15, -0.1) is 0 Å². The number of Topliss-reactive ketones (excluding diaryl/α,β-unsaturated/α-hetero) is 1. The zero-order valence-electron chi connectivity index (χ0n) is 17.2. The van der Waals surface area contributed by atoms with Gasteiger partial charge in [-0.05, 0) is 51.0 Å². The Hall–Kier alpha value is -3.41. The van der Waals surface area contributed by atoms with Crippen molar-refractivity contribution in [3.63, 3.8) is 0 Å². The number of nitrogens with one attached hydrogen (secondary N) is 1. The lowest BCUT2D eigenvalue weighted by atomic mass is 10.1. The van der Waals surface area contributed by atoms with Gasteiger partial charge in [0.15, 0.2) is 11.9 Å². The van der Waals surface area contributed by atoms with Gasteiger partial charge < -0.3 is 14.6 Å². The molecule has 1 aliphatic rings. The van der Waals surface area contributed by atoms with Crippen LogP contribution in [0.1, 0.15) is 42.9 Å². The van der Waals surface area contributed by atoms with Crippen LogP contribution in [0.2, 0.25) is 0 Å². The maximum Gasteiger partial charge on any atom is 0.265 e. The Bertz CT molecular complexity index is 1050. The monoisotopic (exact) mass is 403 g/mol. The molecule has 4 rings (SSSR count). The molecule has 6 nitrogen and oxygen atoms in total. The first-order chi connectivity index (χ1) is 14.5. The number of imidazole rings is 1. The summed E-state index contributed by atoms with van der Waals surface area (Å²) < 4.78 is 7.93. The number of ketones is 1. The van der Waals surface area contributed by atoms with Crippen molar-refractivity contribution in [2.45, 2.75) is 45.8 Å². The first-order valence-corrected chi connectivity index (χ1v) is 10.2. The molecule has 3 aromatic rings. The van der Waals surface area contributed by atoms with Crippen LogP contribution in [0.3, 0.4) is 0 Å². The number of aromatic nitrogens is 2. The van der Waals surface area contributed by atoms with Gasteiger partial charge in [0.25, 0.3) is 5.91 Å². The number of anilines is 1. The number of hydrogen-bond donors (Lipinski definition) is 1. The highest BCUT2D eigenvalue weighted by molar-refractivity contribution is 5.95. The zero-order valence-corrected chi connectivity index (χ0v) is 17.2. The van der Waals surface area contributed by atoms with Crippen LogP contribution < -0.4 is 10.1 Å². The predicted molar refractivity (Wildman–Crippen MR) is 116 cm³/mol. The second kappa shape index (κ2) is 8.53. The fourth-order valence-electron chi connectivity index (χ4n) is 3.57. The average molecular weight is 403 g/mol. The molecule has 154 valence electrons. The van der Waals surface area contributed by atoms with E-state index in [1.807, 2.05) is 24.3 Å². The molecule has 0 radical (unpaired) electrons. The number of aryl methyl sites for hydroxylation is 2. The van der Waals surface area contributed by atoms with Gasteiger partial charge in [-0.3, -0.25) is 9.59 Å². The van der Waals surface area contributed by atoms with Crippen LogP contribution in [-0.2, 0) is 17.8 Å². The van der Waals surface area contributed by atoms with E-state index in [9.17, 15) is 9.59 Å². The first kappa shape index (κ1) is 19.9. The third-order valence-electron chi connectivity index (χ3n) is 5.28. The molecule has 1 aromatic heterocycles. The molecule has 0 saturated carbocycles. The fourth-order valence-corrected chi connectivity index (χ4v) is 3.57. The van der Waals surface area contributed by atoms with Crippen molar-refractivity contribution in [1.29, 1.82) is 0 Å². The minimum absolute atomic E-state index is 0.0452. The van der Waals surface area contributed by atoms with E-state index in [0.29, 0.717) is 17.0 Å². The second-order valence-corrected chi connectivity index (χ2v) is 7.60. The Balaban J connectivity index is 1.39. The Morgan fingerprint density at radius 2 is 1.93 bits per heavy atom. The van der Waals surface area contributed by atoms with Crippen molar-refractivity contribution >= 4 is 17.4 Å². The van der Waals surface area contributed by atoms with Gasteiger partial charge >= 0.3 is 0 Å². The molecule has 1 atom stereocenters. The highest BCUT2D eigenvalue weighted by Crippen LogP contribution is 2.24. The standard InChI is InChI=1S/C24H25N3O3/c1-16(28)19-6-5-7-21(14-19)30-17(2)24(29)25-20-11-9-18(10-12-20)22-15-27-13-4-3-8-23(27)26-22/h5-7,9-12,14-15,17H,3-4,8,13H2,1-2H3,(H,25,29). The van der Waals surface area contributed by atoms with Gasteiger partial charge in [0.05, 0.1) is 5.69 Å². The molecule has 1 unspecified atom stereocenters. The zero-order chi connectivity index (χ0) is 21.1. The van der Waals surface area contributed by atoms with Crippen molar-refractivity contribution in [3.05, 3.63) is 66.1 Å². The molecule has 0 fully saturated rings. The molecule has 30 heavy (non-hydrogen) atoms. The van der Waals surface area contributed by atoms with E-state index in [1.165, 1.54) is 19.8 Å². The van der Waals surface area contributed by atoms with Crippen molar-refractivity contribution in [2.24, 2.45) is 0 Å². The van der Waals surface area contributed by atoms with Crippen molar-refractivity contribution in [1.82, 2.24) is 9.55 Å². The van der Waals surface area contributed by atoms with E-state index in [4.69, 9.17) is 9.72 Å². The van der Waals surface area contributed by atoms with Gasteiger partial charge in [0.2, 0.25) is 0 Å². The summed E-state index contributed by atoms with van der Waals surface area (Å²) in [6.07, 6.45) is 4.83. The molecule has 1 aliphatic heterocycles. The first-order valence-electron chi connectivity index (χ1n) is 10.2. The van der Waals surface area contributed by atoms with E-state index < -0.39 is 6.10 Å². The largest absolute Gasteiger partial charge is 0.481 e. The Labute approximate surface area is 175 Å². The minimum atomic E-state index is -0.702. The van der Waals surface area contributed by atoms with Crippen molar-refractivity contribution < 1.29 is 14.3 Å². The van der Waals surface area contributed by atoms with Crippen LogP contribution in [0.4, 0.5) is 5.69 Å². The summed E-state index contributed by atoms with van der Waals surface area (Å²) in [5.41, 5.74) is 3.24. The Morgan fingerprint density at radius 1 is 1.13 bits per heavy atom. The lowest BCUT2D eigenvalue weighted by Crippen LogP contribution is -2.30. The van der Waals surface area contributed by atoms with E-state index in [0.717, 1.165) is 30.0 Å². The molecule has 6 heteroatoms. The molecule has 0 saturated heterocycles. The quantitative estimate of drug-likeness (QED) is 0.615. The molecular formula is C24H25N3O3. The van der Waals surface area contributed by atoms with E-state index in [2.05, 4.69) is 16.1 Å². The number of carbonyl (C=O) groups is 2. The third-order valence-corrected chi connectivity index (χ3v) is 5.28. The topological polar surface area (TPSA) is 73.2 Å². The molecule has 2 heterocycles. The SMILES string of the molecule is CC(=O)c1cccc(OC(C)C(=O)Nc2ccc(-c3cn4c(n3)CCCC4)cc2)c1. The summed E-state index contributed by atoms with van der Waals surface area (Å²) in [5.74, 6) is 1.34. The average Bonchev–Trinajstić information content (AvgIpc) is 3.18. The number of nitrogens with zero attached hydrogens (tertiary/aromatic N) is 2. The molecule has 0 spiro atoms. The Kier molecular flexibility index (Phi) is 5.65. The van der Waals surface area contributed by atoms with Crippen LogP contribution in [0.5, 0.6) is 5.75 Å². The van der Waals surface area contributed by atoms with Crippen molar-refractivity contribution in [3.8, 4) is 17.0 Å². The number of benzene rings is 2. The van der Waals surface area contributed by atoms with Crippen LogP contribution in [-0.4, -0.2) is 27.3 Å². The summed E-state index contributed by atoms with van der Waals surface area (Å²) in [7, 11) is 0. The summed E-state index contributed by atoms with van der Waals surface area (Å²) in [5, 5.41) is 2.87. The lowest BCUT2D eigenvalue weighted by molar-refractivity contribution is -0.122. The van der Waals surface area contributed by atoms with Crippen LogP contribution >= 0.6 is 0 Å². The number of ether oxygens (including phenoxy) is 1. The van der Waals surface area contributed by atoms with Gasteiger partial charge in [-0.2, -0.15) is 0 Å². The molecule has 2 aromatic carbocycles. The Morgan fingerprint density at radius 3 is 2.67 bits per heavy atom. The van der Waals surface area contributed by atoms with Gasteiger partial charge in [-0.1, -0.05) is 24.3 Å². The number of fused-ring (bicyclic) bond motifs is 1. The lowest BCUT2D eigenvalue weighted by Gasteiger charge is -2.15. The van der Waals surface area contributed by atoms with Crippen molar-refractivity contribution in [2.75, 3.05) is 5.32 Å². The maximum absolute atomic E-state index is 12.5. The van der Waals surface area contributed by atoms with Gasteiger partial charge in [-0.25, -0.2) is 4.98 Å². The molecule has 1 amide bonds. The van der Waals surface area contributed by atoms with Gasteiger partial charge in [0.1, 0.15) is 11.6 Å². The summed E-state index contributed by atoms with van der Waals surface area (Å²) in [4.78, 5) is 28.7. The molecular weight excluding hydrogens is 378 g/mol. The van der Waals surface area contributed by atoms with E-state index >= 15 is 0 Å². The second-order valence-electron chi connectivity index (χ2n) is 7.60. The molecule has 0 bridgehead atoms. The minimum Gasteiger partial charge on any atom is -0.481 e. The van der Waals surface area contributed by atoms with E-state index in [1.54, 1.807) is 31.2 Å². The van der Waals surface area contributed by atoms with E-state index in [-0.39, 0.29) is 11.7 Å².